The Labute approximate surface area is 450 Å². The lowest BCUT2D eigenvalue weighted by atomic mass is 9.89. The number of hydrogen-bond acceptors (Lipinski definition) is 4. The lowest BCUT2D eigenvalue weighted by Crippen LogP contribution is -2.53. The van der Waals surface area contributed by atoms with Gasteiger partial charge in [0, 0.05) is 46.4 Å². The van der Waals surface area contributed by atoms with Gasteiger partial charge in [0.05, 0.1) is 0 Å². The van der Waals surface area contributed by atoms with Crippen molar-refractivity contribution in [2.24, 2.45) is 0 Å². The number of aryl methyl sites for hydroxylation is 2. The summed E-state index contributed by atoms with van der Waals surface area (Å²) in [6.45, 7) is 3.90. The maximum Gasteiger partial charge on any atom is 0.252 e. The van der Waals surface area contributed by atoms with Gasteiger partial charge >= 0.3 is 0 Å². The van der Waals surface area contributed by atoms with E-state index in [9.17, 15) is 19.2 Å². The van der Waals surface area contributed by atoms with Crippen LogP contribution in [-0.2, 0) is 0 Å². The van der Waals surface area contributed by atoms with E-state index in [1.807, 2.05) is 123 Å². The van der Waals surface area contributed by atoms with Crippen molar-refractivity contribution in [3.05, 3.63) is 252 Å². The highest BCUT2D eigenvalue weighted by molar-refractivity contribution is 7.80. The van der Waals surface area contributed by atoms with Gasteiger partial charge in [0.2, 0.25) is 0 Å². The maximum atomic E-state index is 13.8. The van der Waals surface area contributed by atoms with E-state index in [0.29, 0.717) is 22.3 Å². The number of carbonyl (C=O) groups is 4. The van der Waals surface area contributed by atoms with Crippen molar-refractivity contribution in [2.45, 2.75) is 89.4 Å². The average Bonchev–Trinajstić information content (AvgIpc) is 3.46. The lowest BCUT2D eigenvalue weighted by Gasteiger charge is -2.33. The molecule has 0 aromatic heterocycles. The number of carbonyl (C=O) groups excluding carboxylic acids is 4. The smallest absolute Gasteiger partial charge is 0.252 e. The molecule has 0 radical (unpaired) electrons. The predicted molar refractivity (Wildman–Crippen MR) is 315 cm³/mol. The van der Waals surface area contributed by atoms with E-state index in [-0.39, 0.29) is 47.8 Å². The topological polar surface area (TPSA) is 116 Å². The van der Waals surface area contributed by atoms with Crippen LogP contribution in [-0.4, -0.2) is 47.8 Å². The first-order chi connectivity index (χ1) is 37.2. The van der Waals surface area contributed by atoms with E-state index in [4.69, 9.17) is 0 Å². The summed E-state index contributed by atoms with van der Waals surface area (Å²) in [4.78, 5) is 53.8. The standard InChI is InChI=1S/2C33H33N2O2P/c2*1-24-14-8-9-19-27(24)32(36)34-29-21-11-12-22-30(29)35-33(37)28-20-10-13-23-31(28)38(25-15-4-2-5-16-25)26-17-6-3-7-18-26/h2*2-10,13-20,23,29-30H,11-12,21-22H2,1H3,(H,34,36)(H,35,37)/t2*29-,30-/m10/s1. The van der Waals surface area contributed by atoms with Gasteiger partial charge in [-0.2, -0.15) is 0 Å². The van der Waals surface area contributed by atoms with E-state index in [2.05, 4.69) is 130 Å². The first-order valence-corrected chi connectivity index (χ1v) is 29.2. The Kier molecular flexibility index (Phi) is 18.5. The van der Waals surface area contributed by atoms with Gasteiger partial charge in [0.1, 0.15) is 0 Å². The summed E-state index contributed by atoms with van der Waals surface area (Å²) >= 11 is 0. The normalized spacial score (nSPS) is 17.1. The molecule has 0 saturated heterocycles. The van der Waals surface area contributed by atoms with Crippen LogP contribution in [0.2, 0.25) is 0 Å². The SMILES string of the molecule is Cc1ccccc1C(=O)N[C@@H]1CCCC[C@H]1NC(=O)c1ccccc1P(c1ccccc1)c1ccccc1.Cc1ccccc1C(=O)N[C@H]1CCCC[C@@H]1NC(=O)c1ccccc1P(c1ccccc1)c1ccccc1. The van der Waals surface area contributed by atoms with E-state index >= 15 is 0 Å². The number of nitrogens with one attached hydrogen (secondary N) is 4. The Hall–Kier alpha value is -7.50. The summed E-state index contributed by atoms with van der Waals surface area (Å²) in [5.74, 6) is -0.318. The third-order valence-electron chi connectivity index (χ3n) is 14.4. The molecule has 0 aliphatic heterocycles. The minimum absolute atomic E-state index is 0.0775. The third-order valence-corrected chi connectivity index (χ3v) is 19.4. The van der Waals surface area contributed by atoms with Gasteiger partial charge in [0.25, 0.3) is 23.6 Å². The highest BCUT2D eigenvalue weighted by Gasteiger charge is 2.32. The summed E-state index contributed by atoms with van der Waals surface area (Å²) in [6.07, 6.45) is 7.53. The molecule has 4 atom stereocenters. The van der Waals surface area contributed by atoms with E-state index in [0.717, 1.165) is 73.1 Å². The highest BCUT2D eigenvalue weighted by Crippen LogP contribution is 2.36. The molecule has 0 spiro atoms. The largest absolute Gasteiger partial charge is 0.347 e. The van der Waals surface area contributed by atoms with E-state index in [1.54, 1.807) is 0 Å². The fraction of sp³-hybridized carbons (Fsp3) is 0.212. The molecule has 10 rings (SSSR count). The quantitative estimate of drug-likeness (QED) is 0.0812. The van der Waals surface area contributed by atoms with Gasteiger partial charge in [-0.1, -0.05) is 220 Å². The Balaban J connectivity index is 0.000000186. The maximum absolute atomic E-state index is 13.8. The van der Waals surface area contributed by atoms with Crippen LogP contribution in [0.4, 0.5) is 0 Å². The molecular formula is C66H66N4O4P2. The van der Waals surface area contributed by atoms with Crippen LogP contribution in [0.25, 0.3) is 0 Å². The number of amides is 4. The molecule has 8 nitrogen and oxygen atoms in total. The second-order valence-corrected chi connectivity index (χ2v) is 23.9. The molecule has 8 aromatic carbocycles. The molecule has 2 fully saturated rings. The molecule has 384 valence electrons. The van der Waals surface area contributed by atoms with E-state index < -0.39 is 15.8 Å². The van der Waals surface area contributed by atoms with Crippen molar-refractivity contribution in [1.29, 1.82) is 0 Å². The number of benzene rings is 8. The minimum Gasteiger partial charge on any atom is -0.347 e. The molecule has 2 saturated carbocycles. The van der Waals surface area contributed by atoms with Crippen molar-refractivity contribution in [2.75, 3.05) is 0 Å². The van der Waals surface area contributed by atoms with Crippen molar-refractivity contribution < 1.29 is 19.2 Å². The fourth-order valence-electron chi connectivity index (χ4n) is 10.5. The third kappa shape index (κ3) is 13.3. The molecule has 0 heterocycles. The second kappa shape index (κ2) is 26.3. The van der Waals surface area contributed by atoms with Crippen molar-refractivity contribution in [3.63, 3.8) is 0 Å². The van der Waals surface area contributed by atoms with Crippen molar-refractivity contribution in [1.82, 2.24) is 21.3 Å². The van der Waals surface area contributed by atoms with Crippen LogP contribution in [0.1, 0.15) is 104 Å². The fourth-order valence-corrected chi connectivity index (χ4v) is 15.4. The summed E-state index contributed by atoms with van der Waals surface area (Å²) in [6, 6.07) is 72.4. The lowest BCUT2D eigenvalue weighted by molar-refractivity contribution is 0.0863. The van der Waals surface area contributed by atoms with Crippen molar-refractivity contribution in [3.8, 4) is 0 Å². The molecule has 2 aliphatic carbocycles. The zero-order chi connectivity index (χ0) is 52.6. The molecule has 8 aromatic rings. The molecule has 0 unspecified atom stereocenters. The summed E-state index contributed by atoms with van der Waals surface area (Å²) in [5, 5.41) is 20.0. The van der Waals surface area contributed by atoms with Gasteiger partial charge in [-0.3, -0.25) is 19.2 Å². The van der Waals surface area contributed by atoms with Crippen LogP contribution in [0.15, 0.2) is 218 Å². The van der Waals surface area contributed by atoms with Gasteiger partial charge in [-0.25, -0.2) is 0 Å². The molecular weight excluding hydrogens is 975 g/mol. The summed E-state index contributed by atoms with van der Waals surface area (Å²) in [5.41, 5.74) is 4.66. The summed E-state index contributed by atoms with van der Waals surface area (Å²) in [7, 11) is -1.82. The van der Waals surface area contributed by atoms with Crippen molar-refractivity contribution >= 4 is 71.3 Å². The molecule has 4 N–H and O–H groups in total. The second-order valence-electron chi connectivity index (χ2n) is 19.6. The van der Waals surface area contributed by atoms with Crippen LogP contribution >= 0.6 is 15.8 Å². The average molecular weight is 1040 g/mol. The number of hydrogen-bond donors (Lipinski definition) is 4. The predicted octanol–water partition coefficient (Wildman–Crippen LogP) is 10.4. The zero-order valence-corrected chi connectivity index (χ0v) is 45.1. The summed E-state index contributed by atoms with van der Waals surface area (Å²) < 4.78 is 0. The van der Waals surface area contributed by atoms with Gasteiger partial charge in [-0.05, 0) is 123 Å². The van der Waals surface area contributed by atoms with Gasteiger partial charge < -0.3 is 21.3 Å². The molecule has 10 heteroatoms. The Morgan fingerprint density at radius 3 is 0.803 bits per heavy atom. The van der Waals surface area contributed by atoms with Crippen LogP contribution in [0.5, 0.6) is 0 Å². The first-order valence-electron chi connectivity index (χ1n) is 26.6. The minimum atomic E-state index is -0.912. The van der Waals surface area contributed by atoms with Crippen LogP contribution in [0.3, 0.4) is 0 Å². The van der Waals surface area contributed by atoms with Crippen LogP contribution < -0.4 is 53.1 Å². The molecule has 4 amide bonds. The Bertz CT molecular complexity index is 2920. The Morgan fingerprint density at radius 1 is 0.303 bits per heavy atom. The van der Waals surface area contributed by atoms with Gasteiger partial charge in [-0.15, -0.1) is 0 Å². The van der Waals surface area contributed by atoms with Crippen LogP contribution in [0, 0.1) is 13.8 Å². The Morgan fingerprint density at radius 2 is 0.526 bits per heavy atom. The molecule has 76 heavy (non-hydrogen) atoms. The first kappa shape index (κ1) is 53.3. The van der Waals surface area contributed by atoms with Gasteiger partial charge in [0.15, 0.2) is 0 Å². The highest BCUT2D eigenvalue weighted by atomic mass is 31.1. The molecule has 2 aliphatic rings. The zero-order valence-electron chi connectivity index (χ0n) is 43.3. The molecule has 0 bridgehead atoms. The van der Waals surface area contributed by atoms with E-state index in [1.165, 1.54) is 21.2 Å². The number of rotatable bonds is 14. The monoisotopic (exact) mass is 1040 g/mol.